The molecule has 36 heavy (non-hydrogen) atoms. The third-order valence-corrected chi connectivity index (χ3v) is 6.09. The number of nitrogens with zero attached hydrogens (tertiary/aromatic N) is 2. The van der Waals surface area contributed by atoms with Crippen molar-refractivity contribution in [1.29, 1.82) is 0 Å². The summed E-state index contributed by atoms with van der Waals surface area (Å²) in [5, 5.41) is 2.00. The van der Waals surface area contributed by atoms with Crippen molar-refractivity contribution in [2.75, 3.05) is 20.8 Å². The number of esters is 1. The lowest BCUT2D eigenvalue weighted by Crippen LogP contribution is -2.06. The number of ether oxygens (including phenoxy) is 3. The number of aromatic nitrogens is 2. The van der Waals surface area contributed by atoms with Crippen LogP contribution in [-0.4, -0.2) is 42.0 Å². The van der Waals surface area contributed by atoms with E-state index in [-0.39, 0.29) is 18.0 Å². The van der Waals surface area contributed by atoms with E-state index in [1.165, 1.54) is 0 Å². The summed E-state index contributed by atoms with van der Waals surface area (Å²) in [5.41, 5.74) is 2.95. The predicted octanol–water partition coefficient (Wildman–Crippen LogP) is 5.58. The van der Waals surface area contributed by atoms with Crippen LogP contribution in [0.5, 0.6) is 11.5 Å². The molecule has 0 saturated heterocycles. The van der Waals surface area contributed by atoms with E-state index in [1.807, 2.05) is 48.5 Å². The first-order valence-electron chi connectivity index (χ1n) is 11.5. The Bertz CT molecular complexity index is 1620. The molecule has 0 spiro atoms. The van der Waals surface area contributed by atoms with Crippen molar-refractivity contribution >= 4 is 28.0 Å². The monoisotopic (exact) mass is 480 g/mol. The third-order valence-electron chi connectivity index (χ3n) is 6.09. The minimum absolute atomic E-state index is 0.217. The number of rotatable bonds is 7. The quantitative estimate of drug-likeness (QED) is 0.224. The Hall–Kier alpha value is -4.65. The molecular formula is C29H24N2O5. The molecule has 7 nitrogen and oxygen atoms in total. The summed E-state index contributed by atoms with van der Waals surface area (Å²) < 4.78 is 17.7. The van der Waals surface area contributed by atoms with Gasteiger partial charge < -0.3 is 14.2 Å². The fourth-order valence-electron chi connectivity index (χ4n) is 4.28. The Balaban J connectivity index is 1.66. The summed E-state index contributed by atoms with van der Waals surface area (Å²) in [6.07, 6.45) is 1.55. The van der Waals surface area contributed by atoms with Crippen molar-refractivity contribution in [3.8, 4) is 22.8 Å². The largest absolute Gasteiger partial charge is 0.497 e. The third kappa shape index (κ3) is 4.05. The Morgan fingerprint density at radius 2 is 1.69 bits per heavy atom. The molecule has 5 rings (SSSR count). The molecule has 180 valence electrons. The second-order valence-corrected chi connectivity index (χ2v) is 8.15. The van der Waals surface area contributed by atoms with Crippen molar-refractivity contribution in [3.63, 3.8) is 0 Å². The standard InChI is InChI=1S/C29H24N2O5/c1-4-36-29(33)23-15-26(28(32)20-10-9-18-7-5-6-8-19(18)13-20)31-17-30-24(16-25(23)31)22-12-11-21(34-2)14-27(22)35-3/h5-17H,4H2,1-3H3. The van der Waals surface area contributed by atoms with Gasteiger partial charge in [-0.1, -0.05) is 36.4 Å². The number of carbonyl (C=O) groups is 2. The normalized spacial score (nSPS) is 11.0. The summed E-state index contributed by atoms with van der Waals surface area (Å²) >= 11 is 0. The lowest BCUT2D eigenvalue weighted by Gasteiger charge is -2.11. The van der Waals surface area contributed by atoms with Gasteiger partial charge in [0.2, 0.25) is 5.78 Å². The number of hydrogen-bond donors (Lipinski definition) is 0. The maximum atomic E-state index is 13.6. The zero-order valence-electron chi connectivity index (χ0n) is 20.1. The van der Waals surface area contributed by atoms with Crippen molar-refractivity contribution in [2.24, 2.45) is 0 Å². The van der Waals surface area contributed by atoms with E-state index < -0.39 is 5.97 Å². The molecule has 2 heterocycles. The van der Waals surface area contributed by atoms with Crippen LogP contribution in [0.1, 0.15) is 33.3 Å². The van der Waals surface area contributed by atoms with Crippen molar-refractivity contribution in [2.45, 2.75) is 6.92 Å². The molecule has 2 aromatic heterocycles. The Morgan fingerprint density at radius 3 is 2.44 bits per heavy atom. The fraction of sp³-hybridized carbons (Fsp3) is 0.138. The van der Waals surface area contributed by atoms with Crippen LogP contribution >= 0.6 is 0 Å². The van der Waals surface area contributed by atoms with Crippen LogP contribution in [-0.2, 0) is 4.74 Å². The molecule has 0 aliphatic rings. The number of benzene rings is 3. The minimum atomic E-state index is -0.508. The average molecular weight is 481 g/mol. The first-order valence-corrected chi connectivity index (χ1v) is 11.5. The molecule has 0 fully saturated rings. The summed E-state index contributed by atoms with van der Waals surface area (Å²) in [5.74, 6) is 0.493. The molecule has 0 N–H and O–H groups in total. The molecule has 7 heteroatoms. The summed E-state index contributed by atoms with van der Waals surface area (Å²) in [6.45, 7) is 1.96. The molecule has 0 atom stereocenters. The minimum Gasteiger partial charge on any atom is -0.497 e. The Morgan fingerprint density at radius 1 is 0.889 bits per heavy atom. The van der Waals surface area contributed by atoms with E-state index in [4.69, 9.17) is 14.2 Å². The first kappa shape index (κ1) is 23.1. The van der Waals surface area contributed by atoms with Gasteiger partial charge in [-0.05, 0) is 48.0 Å². The highest BCUT2D eigenvalue weighted by molar-refractivity contribution is 6.12. The van der Waals surface area contributed by atoms with Crippen molar-refractivity contribution < 1.29 is 23.8 Å². The van der Waals surface area contributed by atoms with E-state index >= 15 is 0 Å². The van der Waals surface area contributed by atoms with Gasteiger partial charge in [0.05, 0.1) is 43.3 Å². The maximum Gasteiger partial charge on any atom is 0.340 e. The molecule has 5 aromatic rings. The van der Waals surface area contributed by atoms with Crippen LogP contribution in [0.25, 0.3) is 27.5 Å². The molecule has 0 radical (unpaired) electrons. The van der Waals surface area contributed by atoms with E-state index in [0.717, 1.165) is 16.3 Å². The van der Waals surface area contributed by atoms with Crippen molar-refractivity contribution in [1.82, 2.24) is 9.38 Å². The molecule has 0 bridgehead atoms. The van der Waals surface area contributed by atoms with Crippen LogP contribution in [0, 0.1) is 0 Å². The SMILES string of the molecule is CCOC(=O)c1cc(C(=O)c2ccc3ccccc3c2)n2cnc(-c3ccc(OC)cc3OC)cc12. The number of fused-ring (bicyclic) bond motifs is 2. The topological polar surface area (TPSA) is 79.1 Å². The van der Waals surface area contributed by atoms with E-state index in [2.05, 4.69) is 4.98 Å². The van der Waals surface area contributed by atoms with Crippen LogP contribution in [0.15, 0.2) is 79.1 Å². The van der Waals surface area contributed by atoms with Gasteiger partial charge in [-0.15, -0.1) is 0 Å². The molecule has 0 saturated carbocycles. The zero-order chi connectivity index (χ0) is 25.2. The lowest BCUT2D eigenvalue weighted by atomic mass is 10.0. The van der Waals surface area contributed by atoms with E-state index in [1.54, 1.807) is 56.1 Å². The molecule has 0 aliphatic heterocycles. The molecule has 3 aromatic carbocycles. The van der Waals surface area contributed by atoms with E-state index in [9.17, 15) is 9.59 Å². The smallest absolute Gasteiger partial charge is 0.340 e. The van der Waals surface area contributed by atoms with Gasteiger partial charge in [-0.3, -0.25) is 9.20 Å². The summed E-state index contributed by atoms with van der Waals surface area (Å²) in [4.78, 5) is 31.0. The molecule has 0 amide bonds. The summed E-state index contributed by atoms with van der Waals surface area (Å²) in [6, 6.07) is 22.1. The average Bonchev–Trinajstić information content (AvgIpc) is 3.31. The molecule has 0 unspecified atom stereocenters. The highest BCUT2D eigenvalue weighted by atomic mass is 16.5. The second-order valence-electron chi connectivity index (χ2n) is 8.15. The lowest BCUT2D eigenvalue weighted by molar-refractivity contribution is 0.0529. The number of carbonyl (C=O) groups excluding carboxylic acids is 2. The zero-order valence-corrected chi connectivity index (χ0v) is 20.1. The van der Waals surface area contributed by atoms with Gasteiger partial charge in [-0.25, -0.2) is 9.78 Å². The number of methoxy groups -OCH3 is 2. The highest BCUT2D eigenvalue weighted by Crippen LogP contribution is 2.34. The number of hydrogen-bond acceptors (Lipinski definition) is 6. The first-order chi connectivity index (χ1) is 17.5. The summed E-state index contributed by atoms with van der Waals surface area (Å²) in [7, 11) is 3.15. The van der Waals surface area contributed by atoms with Gasteiger partial charge in [0.1, 0.15) is 17.8 Å². The van der Waals surface area contributed by atoms with Crippen LogP contribution in [0.4, 0.5) is 0 Å². The fourth-order valence-corrected chi connectivity index (χ4v) is 4.28. The van der Waals surface area contributed by atoms with Crippen molar-refractivity contribution in [3.05, 3.63) is 95.9 Å². The van der Waals surface area contributed by atoms with Crippen LogP contribution < -0.4 is 9.47 Å². The van der Waals surface area contributed by atoms with Gasteiger partial charge in [0.25, 0.3) is 0 Å². The maximum absolute atomic E-state index is 13.6. The Kier molecular flexibility index (Phi) is 6.12. The predicted molar refractivity (Wildman–Crippen MR) is 137 cm³/mol. The van der Waals surface area contributed by atoms with Gasteiger partial charge in [0.15, 0.2) is 0 Å². The van der Waals surface area contributed by atoms with Gasteiger partial charge >= 0.3 is 5.97 Å². The van der Waals surface area contributed by atoms with Gasteiger partial charge in [0, 0.05) is 17.2 Å². The van der Waals surface area contributed by atoms with E-state index in [0.29, 0.717) is 34.0 Å². The van der Waals surface area contributed by atoms with Gasteiger partial charge in [-0.2, -0.15) is 0 Å². The highest BCUT2D eigenvalue weighted by Gasteiger charge is 2.23. The molecule has 0 aliphatic carbocycles. The van der Waals surface area contributed by atoms with Crippen LogP contribution in [0.3, 0.4) is 0 Å². The second kappa shape index (κ2) is 9.54. The Labute approximate surface area is 207 Å². The number of ketones is 1. The molecular weight excluding hydrogens is 456 g/mol. The van der Waals surface area contributed by atoms with Crippen LogP contribution in [0.2, 0.25) is 0 Å².